The molecule has 15 heavy (non-hydrogen) atoms. The minimum atomic E-state index is -0.618. The van der Waals surface area contributed by atoms with Crippen molar-refractivity contribution in [2.75, 3.05) is 0 Å². The summed E-state index contributed by atoms with van der Waals surface area (Å²) in [5.74, 6) is 0. The van der Waals surface area contributed by atoms with Crippen molar-refractivity contribution in [1.82, 2.24) is 0 Å². The van der Waals surface area contributed by atoms with Crippen molar-refractivity contribution in [3.05, 3.63) is 34.9 Å². The van der Waals surface area contributed by atoms with Crippen LogP contribution in [0.5, 0.6) is 0 Å². The van der Waals surface area contributed by atoms with Crippen LogP contribution < -0.4 is 0 Å². The molecule has 2 atom stereocenters. The third-order valence-corrected chi connectivity index (χ3v) is 3.02. The highest BCUT2D eigenvalue weighted by Crippen LogP contribution is 2.38. The van der Waals surface area contributed by atoms with E-state index < -0.39 is 5.60 Å². The molecule has 0 aliphatic carbocycles. The molecule has 0 aromatic heterocycles. The number of hydrogen-bond donors (Lipinski definition) is 0. The van der Waals surface area contributed by atoms with E-state index in [1.807, 2.05) is 31.2 Å². The molecule has 1 fully saturated rings. The summed E-state index contributed by atoms with van der Waals surface area (Å²) >= 11 is 5.90. The maximum atomic E-state index is 10.8. The zero-order valence-electron chi connectivity index (χ0n) is 8.57. The molecule has 1 aliphatic rings. The Kier molecular flexibility index (Phi) is 2.81. The number of ether oxygens (including phenoxy) is 1. The molecule has 0 amide bonds. The van der Waals surface area contributed by atoms with Gasteiger partial charge in [0.05, 0.1) is 6.10 Å². The summed E-state index contributed by atoms with van der Waals surface area (Å²) in [6, 6.07) is 7.60. The second-order valence-corrected chi connectivity index (χ2v) is 4.57. The molecule has 2 unspecified atom stereocenters. The zero-order valence-corrected chi connectivity index (χ0v) is 9.33. The zero-order chi connectivity index (χ0) is 10.9. The standard InChI is InChI=1S/C12H13ClO2/c1-12(8-14)6-5-11(15-12)9-3-2-4-10(13)7-9/h2-4,7-8,11H,5-6H2,1H3. The molecule has 2 rings (SSSR count). The fraction of sp³-hybridized carbons (Fsp3) is 0.417. The summed E-state index contributed by atoms with van der Waals surface area (Å²) in [6.45, 7) is 1.82. The smallest absolute Gasteiger partial charge is 0.151 e. The van der Waals surface area contributed by atoms with Gasteiger partial charge in [-0.2, -0.15) is 0 Å². The maximum Gasteiger partial charge on any atom is 0.151 e. The lowest BCUT2D eigenvalue weighted by atomic mass is 10.0. The van der Waals surface area contributed by atoms with Crippen LogP contribution >= 0.6 is 11.6 Å². The van der Waals surface area contributed by atoms with Crippen LogP contribution in [0, 0.1) is 0 Å². The molecule has 1 aromatic carbocycles. The van der Waals surface area contributed by atoms with Gasteiger partial charge in [0.2, 0.25) is 0 Å². The molecule has 3 heteroatoms. The molecule has 80 valence electrons. The van der Waals surface area contributed by atoms with Gasteiger partial charge in [-0.15, -0.1) is 0 Å². The van der Waals surface area contributed by atoms with E-state index in [1.165, 1.54) is 0 Å². The summed E-state index contributed by atoms with van der Waals surface area (Å²) < 4.78 is 5.71. The van der Waals surface area contributed by atoms with E-state index in [0.717, 1.165) is 24.7 Å². The van der Waals surface area contributed by atoms with Gasteiger partial charge in [-0.25, -0.2) is 0 Å². The fourth-order valence-corrected chi connectivity index (χ4v) is 2.09. The van der Waals surface area contributed by atoms with Gasteiger partial charge in [-0.1, -0.05) is 23.7 Å². The molecular formula is C12H13ClO2. The molecule has 0 saturated carbocycles. The van der Waals surface area contributed by atoms with Gasteiger partial charge < -0.3 is 9.53 Å². The van der Waals surface area contributed by atoms with Crippen LogP contribution in [0.2, 0.25) is 5.02 Å². The molecular weight excluding hydrogens is 212 g/mol. The van der Waals surface area contributed by atoms with Gasteiger partial charge in [-0.3, -0.25) is 0 Å². The number of carbonyl (C=O) groups excluding carboxylic acids is 1. The van der Waals surface area contributed by atoms with Gasteiger partial charge in [-0.05, 0) is 37.5 Å². The lowest BCUT2D eigenvalue weighted by Crippen LogP contribution is -2.24. The Morgan fingerprint density at radius 2 is 2.40 bits per heavy atom. The van der Waals surface area contributed by atoms with E-state index in [2.05, 4.69) is 0 Å². The molecule has 2 nitrogen and oxygen atoms in total. The Balaban J connectivity index is 2.18. The molecule has 0 bridgehead atoms. The van der Waals surface area contributed by atoms with Crippen LogP contribution in [-0.2, 0) is 9.53 Å². The second kappa shape index (κ2) is 3.95. The number of rotatable bonds is 2. The van der Waals surface area contributed by atoms with E-state index >= 15 is 0 Å². The highest BCUT2D eigenvalue weighted by atomic mass is 35.5. The summed E-state index contributed by atoms with van der Waals surface area (Å²) in [7, 11) is 0. The molecule has 1 aromatic rings. The first kappa shape index (κ1) is 10.7. The topological polar surface area (TPSA) is 26.3 Å². The molecule has 0 radical (unpaired) electrons. The first-order chi connectivity index (χ1) is 7.13. The molecule has 1 heterocycles. The van der Waals surface area contributed by atoms with Gasteiger partial charge >= 0.3 is 0 Å². The summed E-state index contributed by atoms with van der Waals surface area (Å²) in [5.41, 5.74) is 0.431. The van der Waals surface area contributed by atoms with Crippen molar-refractivity contribution in [3.63, 3.8) is 0 Å². The Morgan fingerprint density at radius 3 is 3.00 bits per heavy atom. The van der Waals surface area contributed by atoms with Crippen LogP contribution in [0.1, 0.15) is 31.4 Å². The monoisotopic (exact) mass is 224 g/mol. The lowest BCUT2D eigenvalue weighted by Gasteiger charge is -2.18. The van der Waals surface area contributed by atoms with Crippen molar-refractivity contribution in [2.24, 2.45) is 0 Å². The normalized spacial score (nSPS) is 30.4. The Hall–Kier alpha value is -0.860. The minimum absolute atomic E-state index is 0.00102. The first-order valence-electron chi connectivity index (χ1n) is 5.03. The Bertz CT molecular complexity index is 378. The van der Waals surface area contributed by atoms with E-state index in [4.69, 9.17) is 16.3 Å². The summed E-state index contributed by atoms with van der Waals surface area (Å²) in [5, 5.41) is 0.704. The van der Waals surface area contributed by atoms with Crippen molar-refractivity contribution in [3.8, 4) is 0 Å². The highest BCUT2D eigenvalue weighted by Gasteiger charge is 2.36. The quantitative estimate of drug-likeness (QED) is 0.722. The van der Waals surface area contributed by atoms with Crippen LogP contribution in [0.25, 0.3) is 0 Å². The SMILES string of the molecule is CC1(C=O)CCC(c2cccc(Cl)c2)O1. The Labute approximate surface area is 94.2 Å². The summed E-state index contributed by atoms with van der Waals surface area (Å²) in [6.07, 6.45) is 2.53. The molecule has 0 N–H and O–H groups in total. The average Bonchev–Trinajstić information content (AvgIpc) is 2.62. The van der Waals surface area contributed by atoms with E-state index in [0.29, 0.717) is 5.02 Å². The number of carbonyl (C=O) groups is 1. The molecule has 1 saturated heterocycles. The average molecular weight is 225 g/mol. The predicted octanol–water partition coefficient (Wildman–Crippen LogP) is 3.15. The maximum absolute atomic E-state index is 10.8. The van der Waals surface area contributed by atoms with Crippen LogP contribution in [0.3, 0.4) is 0 Å². The van der Waals surface area contributed by atoms with Crippen molar-refractivity contribution >= 4 is 17.9 Å². The van der Waals surface area contributed by atoms with Crippen molar-refractivity contribution < 1.29 is 9.53 Å². The third kappa shape index (κ3) is 2.21. The van der Waals surface area contributed by atoms with Gasteiger partial charge in [0, 0.05) is 5.02 Å². The van der Waals surface area contributed by atoms with Crippen molar-refractivity contribution in [2.45, 2.75) is 31.5 Å². The minimum Gasteiger partial charge on any atom is -0.360 e. The largest absolute Gasteiger partial charge is 0.360 e. The Morgan fingerprint density at radius 1 is 1.60 bits per heavy atom. The first-order valence-corrected chi connectivity index (χ1v) is 5.40. The van der Waals surface area contributed by atoms with Crippen LogP contribution in [-0.4, -0.2) is 11.9 Å². The van der Waals surface area contributed by atoms with Gasteiger partial charge in [0.1, 0.15) is 5.60 Å². The molecule has 0 spiro atoms. The van der Waals surface area contributed by atoms with Crippen LogP contribution in [0.15, 0.2) is 24.3 Å². The lowest BCUT2D eigenvalue weighted by molar-refractivity contribution is -0.127. The number of benzene rings is 1. The summed E-state index contributed by atoms with van der Waals surface area (Å²) in [4.78, 5) is 10.8. The predicted molar refractivity (Wildman–Crippen MR) is 59.0 cm³/mol. The van der Waals surface area contributed by atoms with Crippen molar-refractivity contribution in [1.29, 1.82) is 0 Å². The van der Waals surface area contributed by atoms with E-state index in [-0.39, 0.29) is 6.10 Å². The number of aldehydes is 1. The fourth-order valence-electron chi connectivity index (χ4n) is 1.89. The number of hydrogen-bond acceptors (Lipinski definition) is 2. The second-order valence-electron chi connectivity index (χ2n) is 4.13. The van der Waals surface area contributed by atoms with Gasteiger partial charge in [0.25, 0.3) is 0 Å². The highest BCUT2D eigenvalue weighted by molar-refractivity contribution is 6.30. The van der Waals surface area contributed by atoms with E-state index in [9.17, 15) is 4.79 Å². The molecule has 1 aliphatic heterocycles. The third-order valence-electron chi connectivity index (χ3n) is 2.78. The van der Waals surface area contributed by atoms with Crippen LogP contribution in [0.4, 0.5) is 0 Å². The van der Waals surface area contributed by atoms with E-state index in [1.54, 1.807) is 0 Å². The number of halogens is 1. The van der Waals surface area contributed by atoms with Gasteiger partial charge in [0.15, 0.2) is 6.29 Å².